The van der Waals surface area contributed by atoms with Gasteiger partial charge in [-0.3, -0.25) is 4.79 Å². The minimum absolute atomic E-state index is 0.0973. The second-order valence-corrected chi connectivity index (χ2v) is 2.26. The molecule has 0 radical (unpaired) electrons. The number of ether oxygens (including phenoxy) is 1. The van der Waals surface area contributed by atoms with E-state index in [4.69, 9.17) is 0 Å². The van der Waals surface area contributed by atoms with E-state index in [9.17, 15) is 4.79 Å². The van der Waals surface area contributed by atoms with Gasteiger partial charge in [0.25, 0.3) is 0 Å². The summed E-state index contributed by atoms with van der Waals surface area (Å²) in [5.74, 6) is 0.407. The monoisotopic (exact) mass is 156 g/mol. The SMILES string of the molecule is C=CC1CC1C(=O)OC.CC. The Kier molecular flexibility index (Phi) is 4.59. The Morgan fingerprint density at radius 1 is 1.64 bits per heavy atom. The quantitative estimate of drug-likeness (QED) is 0.451. The molecule has 11 heavy (non-hydrogen) atoms. The summed E-state index contributed by atoms with van der Waals surface area (Å²) in [6, 6.07) is 0. The first-order chi connectivity index (χ1) is 5.29. The Morgan fingerprint density at radius 2 is 2.18 bits per heavy atom. The van der Waals surface area contributed by atoms with E-state index < -0.39 is 0 Å². The minimum atomic E-state index is -0.0973. The van der Waals surface area contributed by atoms with Gasteiger partial charge in [-0.15, -0.1) is 6.58 Å². The summed E-state index contributed by atoms with van der Waals surface area (Å²) >= 11 is 0. The molecule has 0 aliphatic heterocycles. The summed E-state index contributed by atoms with van der Waals surface area (Å²) in [4.78, 5) is 10.7. The molecule has 1 saturated carbocycles. The molecule has 1 fully saturated rings. The fourth-order valence-corrected chi connectivity index (χ4v) is 0.898. The summed E-state index contributed by atoms with van der Waals surface area (Å²) in [5, 5.41) is 0. The van der Waals surface area contributed by atoms with Crippen LogP contribution in [0, 0.1) is 11.8 Å². The zero-order valence-electron chi connectivity index (χ0n) is 7.46. The molecule has 2 atom stereocenters. The van der Waals surface area contributed by atoms with Crippen LogP contribution in [0.5, 0.6) is 0 Å². The van der Waals surface area contributed by atoms with Crippen molar-refractivity contribution in [3.63, 3.8) is 0 Å². The lowest BCUT2D eigenvalue weighted by atomic mass is 10.3. The predicted octanol–water partition coefficient (Wildman–Crippen LogP) is 2.01. The summed E-state index contributed by atoms with van der Waals surface area (Å²) in [7, 11) is 1.42. The molecular formula is C9H16O2. The molecule has 0 aromatic carbocycles. The van der Waals surface area contributed by atoms with Gasteiger partial charge < -0.3 is 4.74 Å². The van der Waals surface area contributed by atoms with E-state index in [1.54, 1.807) is 0 Å². The van der Waals surface area contributed by atoms with E-state index >= 15 is 0 Å². The first-order valence-electron chi connectivity index (χ1n) is 4.00. The molecule has 1 aliphatic carbocycles. The van der Waals surface area contributed by atoms with Gasteiger partial charge in [0.15, 0.2) is 0 Å². The average Bonchev–Trinajstić information content (AvgIpc) is 2.85. The van der Waals surface area contributed by atoms with Crippen LogP contribution in [-0.2, 0) is 9.53 Å². The maximum absolute atomic E-state index is 10.7. The van der Waals surface area contributed by atoms with Crippen molar-refractivity contribution in [3.05, 3.63) is 12.7 Å². The topological polar surface area (TPSA) is 26.3 Å². The van der Waals surface area contributed by atoms with Gasteiger partial charge >= 0.3 is 5.97 Å². The zero-order chi connectivity index (χ0) is 8.85. The van der Waals surface area contributed by atoms with Crippen molar-refractivity contribution in [2.45, 2.75) is 20.3 Å². The van der Waals surface area contributed by atoms with Crippen LogP contribution in [0.25, 0.3) is 0 Å². The van der Waals surface area contributed by atoms with Crippen LogP contribution < -0.4 is 0 Å². The molecule has 2 unspecified atom stereocenters. The third-order valence-electron chi connectivity index (χ3n) is 1.65. The highest BCUT2D eigenvalue weighted by Crippen LogP contribution is 2.39. The number of hydrogen-bond donors (Lipinski definition) is 0. The van der Waals surface area contributed by atoms with Gasteiger partial charge in [-0.2, -0.15) is 0 Å². The highest BCUT2D eigenvalue weighted by Gasteiger charge is 2.41. The Hall–Kier alpha value is -0.790. The standard InChI is InChI=1S/C7H10O2.C2H6/c1-3-5-4-6(5)7(8)9-2;1-2/h3,5-6H,1,4H2,2H3;1-2H3. The van der Waals surface area contributed by atoms with Gasteiger partial charge in [0.2, 0.25) is 0 Å². The van der Waals surface area contributed by atoms with E-state index in [0.717, 1.165) is 6.42 Å². The van der Waals surface area contributed by atoms with Crippen LogP contribution in [0.2, 0.25) is 0 Å². The maximum Gasteiger partial charge on any atom is 0.309 e. The van der Waals surface area contributed by atoms with Gasteiger partial charge in [-0.05, 0) is 12.3 Å². The molecule has 2 nitrogen and oxygen atoms in total. The molecule has 0 amide bonds. The van der Waals surface area contributed by atoms with Gasteiger partial charge in [-0.25, -0.2) is 0 Å². The number of carbonyl (C=O) groups is 1. The van der Waals surface area contributed by atoms with E-state index in [-0.39, 0.29) is 11.9 Å². The number of hydrogen-bond acceptors (Lipinski definition) is 2. The molecule has 0 heterocycles. The van der Waals surface area contributed by atoms with Crippen LogP contribution in [0.15, 0.2) is 12.7 Å². The van der Waals surface area contributed by atoms with Gasteiger partial charge in [-0.1, -0.05) is 19.9 Å². The fourth-order valence-electron chi connectivity index (χ4n) is 0.898. The maximum atomic E-state index is 10.7. The predicted molar refractivity (Wildman–Crippen MR) is 45.2 cm³/mol. The number of carbonyl (C=O) groups excluding carboxylic acids is 1. The zero-order valence-corrected chi connectivity index (χ0v) is 7.46. The molecule has 1 aliphatic rings. The Bertz CT molecular complexity index is 140. The molecule has 0 bridgehead atoms. The van der Waals surface area contributed by atoms with Crippen LogP contribution in [0.4, 0.5) is 0 Å². The number of methoxy groups -OCH3 is 1. The summed E-state index contributed by atoms with van der Waals surface area (Å²) in [6.45, 7) is 7.58. The van der Waals surface area contributed by atoms with Crippen LogP contribution in [0.3, 0.4) is 0 Å². The molecular weight excluding hydrogens is 140 g/mol. The normalized spacial score (nSPS) is 26.1. The molecule has 0 saturated heterocycles. The first kappa shape index (κ1) is 10.2. The van der Waals surface area contributed by atoms with Crippen molar-refractivity contribution in [2.24, 2.45) is 11.8 Å². The van der Waals surface area contributed by atoms with E-state index in [0.29, 0.717) is 5.92 Å². The lowest BCUT2D eigenvalue weighted by Crippen LogP contribution is -2.03. The van der Waals surface area contributed by atoms with Crippen LogP contribution >= 0.6 is 0 Å². The Labute approximate surface area is 68.2 Å². The lowest BCUT2D eigenvalue weighted by molar-refractivity contribution is -0.142. The average molecular weight is 156 g/mol. The van der Waals surface area contributed by atoms with Crippen LogP contribution in [0.1, 0.15) is 20.3 Å². The molecule has 64 valence electrons. The summed E-state index contributed by atoms with van der Waals surface area (Å²) in [5.41, 5.74) is 0. The van der Waals surface area contributed by atoms with Crippen molar-refractivity contribution >= 4 is 5.97 Å². The smallest absolute Gasteiger partial charge is 0.309 e. The van der Waals surface area contributed by atoms with E-state index in [1.165, 1.54) is 7.11 Å². The van der Waals surface area contributed by atoms with Gasteiger partial charge in [0, 0.05) is 0 Å². The third-order valence-corrected chi connectivity index (χ3v) is 1.65. The lowest BCUT2D eigenvalue weighted by Gasteiger charge is -1.92. The first-order valence-corrected chi connectivity index (χ1v) is 4.00. The highest BCUT2D eigenvalue weighted by molar-refractivity contribution is 5.76. The van der Waals surface area contributed by atoms with Crippen molar-refractivity contribution in [1.82, 2.24) is 0 Å². The van der Waals surface area contributed by atoms with Gasteiger partial charge in [0.1, 0.15) is 0 Å². The van der Waals surface area contributed by atoms with Crippen molar-refractivity contribution in [3.8, 4) is 0 Å². The molecule has 2 heteroatoms. The molecule has 0 N–H and O–H groups in total. The number of esters is 1. The summed E-state index contributed by atoms with van der Waals surface area (Å²) in [6.07, 6.45) is 2.73. The minimum Gasteiger partial charge on any atom is -0.469 e. The van der Waals surface area contributed by atoms with E-state index in [2.05, 4.69) is 11.3 Å². The Balaban J connectivity index is 0.000000461. The fraction of sp³-hybridized carbons (Fsp3) is 0.667. The van der Waals surface area contributed by atoms with Crippen molar-refractivity contribution in [1.29, 1.82) is 0 Å². The van der Waals surface area contributed by atoms with Crippen molar-refractivity contribution < 1.29 is 9.53 Å². The Morgan fingerprint density at radius 3 is 2.45 bits per heavy atom. The molecule has 0 aromatic heterocycles. The highest BCUT2D eigenvalue weighted by atomic mass is 16.5. The second-order valence-electron chi connectivity index (χ2n) is 2.26. The largest absolute Gasteiger partial charge is 0.469 e. The van der Waals surface area contributed by atoms with E-state index in [1.807, 2.05) is 19.9 Å². The van der Waals surface area contributed by atoms with Crippen LogP contribution in [-0.4, -0.2) is 13.1 Å². The molecule has 0 aromatic rings. The summed E-state index contributed by atoms with van der Waals surface area (Å²) < 4.78 is 4.52. The number of allylic oxidation sites excluding steroid dienone is 1. The van der Waals surface area contributed by atoms with Gasteiger partial charge in [0.05, 0.1) is 13.0 Å². The third kappa shape index (κ3) is 2.74. The van der Waals surface area contributed by atoms with Crippen molar-refractivity contribution in [2.75, 3.05) is 7.11 Å². The molecule has 1 rings (SSSR count). The number of rotatable bonds is 2. The molecule has 0 spiro atoms. The second kappa shape index (κ2) is 4.94.